The van der Waals surface area contributed by atoms with Crippen molar-refractivity contribution in [3.8, 4) is 0 Å². The molecule has 0 aromatic carbocycles. The summed E-state index contributed by atoms with van der Waals surface area (Å²) in [4.78, 5) is 11.9. The van der Waals surface area contributed by atoms with E-state index in [1.807, 2.05) is 6.92 Å². The fourth-order valence-corrected chi connectivity index (χ4v) is 1.79. The molecule has 0 aliphatic heterocycles. The molecule has 15 heavy (non-hydrogen) atoms. The lowest BCUT2D eigenvalue weighted by molar-refractivity contribution is -0.126. The zero-order valence-corrected chi connectivity index (χ0v) is 10.4. The standard InChI is InChI=1S/C12H26N2O/c1-4-6-11(7-5-2)12(15)14-10(3)8-9-13/h10-11H,4-9,13H2,1-3H3,(H,14,15). The van der Waals surface area contributed by atoms with E-state index < -0.39 is 0 Å². The van der Waals surface area contributed by atoms with Gasteiger partial charge in [-0.15, -0.1) is 0 Å². The Morgan fingerprint density at radius 3 is 2.13 bits per heavy atom. The largest absolute Gasteiger partial charge is 0.353 e. The van der Waals surface area contributed by atoms with E-state index in [0.29, 0.717) is 6.54 Å². The smallest absolute Gasteiger partial charge is 0.223 e. The molecular formula is C12H26N2O. The van der Waals surface area contributed by atoms with Crippen LogP contribution in [0.2, 0.25) is 0 Å². The van der Waals surface area contributed by atoms with Crippen molar-refractivity contribution in [3.63, 3.8) is 0 Å². The number of carbonyl (C=O) groups is 1. The van der Waals surface area contributed by atoms with E-state index in [9.17, 15) is 4.79 Å². The number of carbonyl (C=O) groups excluding carboxylic acids is 1. The molecule has 0 heterocycles. The Hall–Kier alpha value is -0.570. The third-order valence-corrected chi connectivity index (χ3v) is 2.63. The van der Waals surface area contributed by atoms with Crippen molar-refractivity contribution in [2.75, 3.05) is 6.54 Å². The van der Waals surface area contributed by atoms with Crippen LogP contribution in [0.1, 0.15) is 52.9 Å². The van der Waals surface area contributed by atoms with Gasteiger partial charge in [0.15, 0.2) is 0 Å². The Morgan fingerprint density at radius 1 is 1.20 bits per heavy atom. The van der Waals surface area contributed by atoms with Gasteiger partial charge in [-0.25, -0.2) is 0 Å². The Bertz CT molecular complexity index is 165. The predicted molar refractivity (Wildman–Crippen MR) is 64.6 cm³/mol. The first-order valence-electron chi connectivity index (χ1n) is 6.16. The maximum absolute atomic E-state index is 11.9. The number of amides is 1. The van der Waals surface area contributed by atoms with Gasteiger partial charge in [0.1, 0.15) is 0 Å². The molecule has 0 aromatic heterocycles. The predicted octanol–water partition coefficient (Wildman–Crippen LogP) is 2.06. The molecule has 90 valence electrons. The van der Waals surface area contributed by atoms with Crippen LogP contribution in [0.4, 0.5) is 0 Å². The average Bonchev–Trinajstić information content (AvgIpc) is 2.17. The molecule has 0 bridgehead atoms. The summed E-state index contributed by atoms with van der Waals surface area (Å²) >= 11 is 0. The highest BCUT2D eigenvalue weighted by Gasteiger charge is 2.17. The first-order valence-corrected chi connectivity index (χ1v) is 6.16. The second kappa shape index (κ2) is 8.72. The molecule has 3 N–H and O–H groups in total. The fraction of sp³-hybridized carbons (Fsp3) is 0.917. The molecular weight excluding hydrogens is 188 g/mol. The third-order valence-electron chi connectivity index (χ3n) is 2.63. The van der Waals surface area contributed by atoms with E-state index in [-0.39, 0.29) is 17.9 Å². The van der Waals surface area contributed by atoms with Crippen LogP contribution in [-0.4, -0.2) is 18.5 Å². The quantitative estimate of drug-likeness (QED) is 0.650. The van der Waals surface area contributed by atoms with Gasteiger partial charge in [-0.2, -0.15) is 0 Å². The molecule has 0 radical (unpaired) electrons. The molecule has 0 rings (SSSR count). The third kappa shape index (κ3) is 6.50. The topological polar surface area (TPSA) is 55.1 Å². The summed E-state index contributed by atoms with van der Waals surface area (Å²) in [5.74, 6) is 0.403. The van der Waals surface area contributed by atoms with Gasteiger partial charge in [0.25, 0.3) is 0 Å². The van der Waals surface area contributed by atoms with E-state index in [0.717, 1.165) is 32.1 Å². The van der Waals surface area contributed by atoms with Crippen LogP contribution in [0, 0.1) is 5.92 Å². The lowest BCUT2D eigenvalue weighted by Gasteiger charge is -2.19. The zero-order chi connectivity index (χ0) is 11.7. The maximum atomic E-state index is 11.9. The maximum Gasteiger partial charge on any atom is 0.223 e. The molecule has 0 saturated heterocycles. The van der Waals surface area contributed by atoms with Crippen LogP contribution in [-0.2, 0) is 4.79 Å². The molecule has 1 unspecified atom stereocenters. The second-order valence-corrected chi connectivity index (χ2v) is 4.26. The highest BCUT2D eigenvalue weighted by atomic mass is 16.1. The summed E-state index contributed by atoms with van der Waals surface area (Å²) in [7, 11) is 0. The van der Waals surface area contributed by atoms with Gasteiger partial charge < -0.3 is 11.1 Å². The highest BCUT2D eigenvalue weighted by Crippen LogP contribution is 2.13. The minimum Gasteiger partial charge on any atom is -0.353 e. The second-order valence-electron chi connectivity index (χ2n) is 4.26. The summed E-state index contributed by atoms with van der Waals surface area (Å²) < 4.78 is 0. The summed E-state index contributed by atoms with van der Waals surface area (Å²) in [5.41, 5.74) is 5.45. The van der Waals surface area contributed by atoms with Crippen molar-refractivity contribution in [2.45, 2.75) is 58.9 Å². The first kappa shape index (κ1) is 14.4. The van der Waals surface area contributed by atoms with Gasteiger partial charge in [-0.1, -0.05) is 26.7 Å². The normalized spacial score (nSPS) is 12.9. The summed E-state index contributed by atoms with van der Waals surface area (Å²) in [6, 6.07) is 0.207. The lowest BCUT2D eigenvalue weighted by atomic mass is 9.97. The van der Waals surface area contributed by atoms with Crippen LogP contribution in [0.15, 0.2) is 0 Å². The van der Waals surface area contributed by atoms with Crippen LogP contribution >= 0.6 is 0 Å². The minimum absolute atomic E-state index is 0.195. The van der Waals surface area contributed by atoms with Crippen LogP contribution in [0.25, 0.3) is 0 Å². The minimum atomic E-state index is 0.195. The molecule has 0 spiro atoms. The summed E-state index contributed by atoms with van der Waals surface area (Å²) in [5, 5.41) is 3.03. The Labute approximate surface area is 93.8 Å². The van der Waals surface area contributed by atoms with Gasteiger partial charge in [-0.3, -0.25) is 4.79 Å². The van der Waals surface area contributed by atoms with Crippen LogP contribution in [0.5, 0.6) is 0 Å². The van der Waals surface area contributed by atoms with Crippen molar-refractivity contribution < 1.29 is 4.79 Å². The van der Waals surface area contributed by atoms with Gasteiger partial charge in [0, 0.05) is 12.0 Å². The number of hydrogen-bond acceptors (Lipinski definition) is 2. The Kier molecular flexibility index (Phi) is 8.38. The van der Waals surface area contributed by atoms with Crippen molar-refractivity contribution >= 4 is 5.91 Å². The first-order chi connectivity index (χ1) is 7.15. The molecule has 3 nitrogen and oxygen atoms in total. The van der Waals surface area contributed by atoms with E-state index in [1.165, 1.54) is 0 Å². The average molecular weight is 214 g/mol. The monoisotopic (exact) mass is 214 g/mol. The van der Waals surface area contributed by atoms with Gasteiger partial charge in [0.05, 0.1) is 0 Å². The van der Waals surface area contributed by atoms with Crippen molar-refractivity contribution in [1.82, 2.24) is 5.32 Å². The number of rotatable bonds is 8. The van der Waals surface area contributed by atoms with E-state index in [4.69, 9.17) is 5.73 Å². The SMILES string of the molecule is CCCC(CCC)C(=O)NC(C)CCN. The van der Waals surface area contributed by atoms with E-state index in [2.05, 4.69) is 19.2 Å². The van der Waals surface area contributed by atoms with Crippen molar-refractivity contribution in [3.05, 3.63) is 0 Å². The van der Waals surface area contributed by atoms with E-state index in [1.54, 1.807) is 0 Å². The molecule has 3 heteroatoms. The molecule has 0 saturated carbocycles. The molecule has 1 atom stereocenters. The van der Waals surface area contributed by atoms with Gasteiger partial charge in [0.2, 0.25) is 5.91 Å². The van der Waals surface area contributed by atoms with Crippen molar-refractivity contribution in [1.29, 1.82) is 0 Å². The summed E-state index contributed by atoms with van der Waals surface area (Å²) in [6.07, 6.45) is 4.99. The van der Waals surface area contributed by atoms with Crippen molar-refractivity contribution in [2.24, 2.45) is 11.7 Å². The lowest BCUT2D eigenvalue weighted by Crippen LogP contribution is -2.38. The summed E-state index contributed by atoms with van der Waals surface area (Å²) in [6.45, 7) is 6.89. The molecule has 1 amide bonds. The Balaban J connectivity index is 4.00. The molecule has 0 aromatic rings. The molecule has 0 aliphatic rings. The van der Waals surface area contributed by atoms with E-state index >= 15 is 0 Å². The number of nitrogens with one attached hydrogen (secondary N) is 1. The van der Waals surface area contributed by atoms with Crippen LogP contribution < -0.4 is 11.1 Å². The number of nitrogens with two attached hydrogens (primary N) is 1. The molecule has 0 aliphatic carbocycles. The van der Waals surface area contributed by atoms with Gasteiger partial charge in [-0.05, 0) is 32.7 Å². The molecule has 0 fully saturated rings. The number of hydrogen-bond donors (Lipinski definition) is 2. The van der Waals surface area contributed by atoms with Gasteiger partial charge >= 0.3 is 0 Å². The van der Waals surface area contributed by atoms with Crippen LogP contribution in [0.3, 0.4) is 0 Å². The highest BCUT2D eigenvalue weighted by molar-refractivity contribution is 5.78. The fourth-order valence-electron chi connectivity index (χ4n) is 1.79. The zero-order valence-electron chi connectivity index (χ0n) is 10.4. The Morgan fingerprint density at radius 2 is 1.73 bits per heavy atom.